The van der Waals surface area contributed by atoms with Crippen molar-refractivity contribution in [1.82, 2.24) is 10.1 Å². The summed E-state index contributed by atoms with van der Waals surface area (Å²) in [7, 11) is 0. The molecule has 0 aliphatic heterocycles. The number of aliphatic hydroxyl groups is 1. The molecule has 2 heterocycles. The van der Waals surface area contributed by atoms with Gasteiger partial charge in [-0.25, -0.2) is 0 Å². The highest BCUT2D eigenvalue weighted by atomic mass is 19.4. The van der Waals surface area contributed by atoms with Crippen LogP contribution in [0.2, 0.25) is 0 Å². The molecule has 8 heteroatoms. The van der Waals surface area contributed by atoms with E-state index in [1.54, 1.807) is 13.0 Å². The lowest BCUT2D eigenvalue weighted by Crippen LogP contribution is -2.30. The average Bonchev–Trinajstić information content (AvgIpc) is 2.85. The van der Waals surface area contributed by atoms with Crippen LogP contribution in [0.1, 0.15) is 11.5 Å². The third-order valence-corrected chi connectivity index (χ3v) is 2.28. The van der Waals surface area contributed by atoms with E-state index in [9.17, 15) is 13.2 Å². The number of hydrogen-bond donors (Lipinski definition) is 1. The van der Waals surface area contributed by atoms with Gasteiger partial charge >= 0.3 is 6.18 Å². The SMILES string of the molecule is Cc1ccoc1-c1noc(CC(O)C(F)(F)F)n1. The van der Waals surface area contributed by atoms with Gasteiger partial charge in [-0.2, -0.15) is 18.2 Å². The molecule has 2 rings (SSSR count). The summed E-state index contributed by atoms with van der Waals surface area (Å²) in [5.41, 5.74) is 0.735. The number of hydrogen-bond acceptors (Lipinski definition) is 5. The van der Waals surface area contributed by atoms with E-state index in [4.69, 9.17) is 9.52 Å². The molecule has 0 saturated heterocycles. The molecule has 0 bridgehead atoms. The largest absolute Gasteiger partial charge is 0.461 e. The normalized spacial score (nSPS) is 13.8. The summed E-state index contributed by atoms with van der Waals surface area (Å²) in [6.07, 6.45) is -6.61. The monoisotopic (exact) mass is 262 g/mol. The second-order valence-corrected chi connectivity index (χ2v) is 3.71. The van der Waals surface area contributed by atoms with E-state index in [0.29, 0.717) is 5.76 Å². The first kappa shape index (κ1) is 12.6. The van der Waals surface area contributed by atoms with Crippen molar-refractivity contribution in [1.29, 1.82) is 0 Å². The molecule has 2 aromatic heterocycles. The molecule has 0 aliphatic rings. The lowest BCUT2D eigenvalue weighted by atomic mass is 10.2. The van der Waals surface area contributed by atoms with Crippen LogP contribution in [0.25, 0.3) is 11.6 Å². The lowest BCUT2D eigenvalue weighted by Gasteiger charge is -2.11. The summed E-state index contributed by atoms with van der Waals surface area (Å²) < 4.78 is 46.1. The smallest absolute Gasteiger partial charge is 0.414 e. The van der Waals surface area contributed by atoms with Gasteiger partial charge in [0.05, 0.1) is 12.7 Å². The van der Waals surface area contributed by atoms with Gasteiger partial charge in [-0.3, -0.25) is 0 Å². The molecule has 5 nitrogen and oxygen atoms in total. The maximum atomic E-state index is 12.1. The fourth-order valence-electron chi connectivity index (χ4n) is 1.31. The third kappa shape index (κ3) is 2.53. The fourth-order valence-corrected chi connectivity index (χ4v) is 1.31. The van der Waals surface area contributed by atoms with Gasteiger partial charge in [0, 0.05) is 0 Å². The second-order valence-electron chi connectivity index (χ2n) is 3.71. The summed E-state index contributed by atoms with van der Waals surface area (Å²) in [5.74, 6) is 0.0824. The number of aryl methyl sites for hydroxylation is 1. The van der Waals surface area contributed by atoms with Crippen molar-refractivity contribution < 1.29 is 27.2 Å². The minimum Gasteiger partial charge on any atom is -0.461 e. The quantitative estimate of drug-likeness (QED) is 0.917. The minimum atomic E-state index is -4.71. The molecule has 0 radical (unpaired) electrons. The Balaban J connectivity index is 2.15. The van der Waals surface area contributed by atoms with Crippen LogP contribution in [0.15, 0.2) is 21.3 Å². The maximum Gasteiger partial charge on any atom is 0.414 e. The number of alkyl halides is 3. The van der Waals surface area contributed by atoms with Crippen LogP contribution >= 0.6 is 0 Å². The first-order valence-electron chi connectivity index (χ1n) is 4.99. The highest BCUT2D eigenvalue weighted by Gasteiger charge is 2.39. The number of aliphatic hydroxyl groups excluding tert-OH is 1. The molecule has 1 N–H and O–H groups in total. The number of rotatable bonds is 3. The van der Waals surface area contributed by atoms with Crippen LogP contribution in [0.3, 0.4) is 0 Å². The van der Waals surface area contributed by atoms with Crippen LogP contribution < -0.4 is 0 Å². The summed E-state index contributed by atoms with van der Waals surface area (Å²) in [5, 5.41) is 12.4. The number of aromatic nitrogens is 2. The lowest BCUT2D eigenvalue weighted by molar-refractivity contribution is -0.204. The molecule has 98 valence electrons. The Bertz CT molecular complexity index is 532. The topological polar surface area (TPSA) is 72.3 Å². The van der Waals surface area contributed by atoms with E-state index in [1.807, 2.05) is 0 Å². The molecule has 0 spiro atoms. The van der Waals surface area contributed by atoms with Gasteiger partial charge in [0.2, 0.25) is 11.7 Å². The molecule has 1 atom stereocenters. The predicted octanol–water partition coefficient (Wildman–Crippen LogP) is 2.10. The van der Waals surface area contributed by atoms with Crippen molar-refractivity contribution in [3.63, 3.8) is 0 Å². The molecule has 18 heavy (non-hydrogen) atoms. The average molecular weight is 262 g/mol. The van der Waals surface area contributed by atoms with Crippen molar-refractivity contribution in [2.24, 2.45) is 0 Å². The molecule has 0 aromatic carbocycles. The van der Waals surface area contributed by atoms with Crippen LogP contribution in [-0.2, 0) is 6.42 Å². The first-order chi connectivity index (χ1) is 8.38. The molecule has 0 aliphatic carbocycles. The van der Waals surface area contributed by atoms with Gasteiger partial charge in [0.25, 0.3) is 0 Å². The molecule has 2 aromatic rings. The Morgan fingerprint density at radius 3 is 2.72 bits per heavy atom. The zero-order valence-electron chi connectivity index (χ0n) is 9.23. The van der Waals surface area contributed by atoms with E-state index in [-0.39, 0.29) is 11.7 Å². The fraction of sp³-hybridized carbons (Fsp3) is 0.400. The van der Waals surface area contributed by atoms with Gasteiger partial charge in [0.15, 0.2) is 11.9 Å². The molecular formula is C10H9F3N2O3. The molecule has 0 amide bonds. The highest BCUT2D eigenvalue weighted by Crippen LogP contribution is 2.24. The van der Waals surface area contributed by atoms with E-state index in [2.05, 4.69) is 14.7 Å². The Kier molecular flexibility index (Phi) is 3.12. The summed E-state index contributed by atoms with van der Waals surface area (Å²) in [6.45, 7) is 1.74. The van der Waals surface area contributed by atoms with Gasteiger partial charge in [-0.05, 0) is 18.6 Å². The van der Waals surface area contributed by atoms with Gasteiger partial charge in [0.1, 0.15) is 0 Å². The van der Waals surface area contributed by atoms with E-state index in [0.717, 1.165) is 5.56 Å². The Morgan fingerprint density at radius 1 is 1.44 bits per heavy atom. The van der Waals surface area contributed by atoms with Gasteiger partial charge < -0.3 is 14.0 Å². The third-order valence-electron chi connectivity index (χ3n) is 2.28. The molecule has 0 fully saturated rings. The van der Waals surface area contributed by atoms with E-state index < -0.39 is 18.7 Å². The highest BCUT2D eigenvalue weighted by molar-refractivity contribution is 5.50. The van der Waals surface area contributed by atoms with Gasteiger partial charge in [-0.15, -0.1) is 0 Å². The number of nitrogens with zero attached hydrogens (tertiary/aromatic N) is 2. The Morgan fingerprint density at radius 2 is 2.17 bits per heavy atom. The summed E-state index contributed by atoms with van der Waals surface area (Å²) in [6, 6.07) is 1.66. The minimum absolute atomic E-state index is 0.0573. The van der Waals surface area contributed by atoms with Crippen LogP contribution in [-0.4, -0.2) is 27.5 Å². The maximum absolute atomic E-state index is 12.1. The van der Waals surface area contributed by atoms with Crippen LogP contribution in [0.4, 0.5) is 13.2 Å². The van der Waals surface area contributed by atoms with E-state index >= 15 is 0 Å². The predicted molar refractivity (Wildman–Crippen MR) is 52.5 cm³/mol. The van der Waals surface area contributed by atoms with Crippen molar-refractivity contribution >= 4 is 0 Å². The molecule has 0 saturated carbocycles. The summed E-state index contributed by atoms with van der Waals surface area (Å²) in [4.78, 5) is 3.74. The van der Waals surface area contributed by atoms with Gasteiger partial charge in [-0.1, -0.05) is 5.16 Å². The number of halogens is 3. The Hall–Kier alpha value is -1.83. The summed E-state index contributed by atoms with van der Waals surface area (Å²) >= 11 is 0. The number of furan rings is 1. The van der Waals surface area contributed by atoms with Crippen molar-refractivity contribution in [2.75, 3.05) is 0 Å². The standard InChI is InChI=1S/C10H9F3N2O3/c1-5-2-3-17-8(5)9-14-7(18-15-9)4-6(16)10(11,12)13/h2-3,6,16H,4H2,1H3. The zero-order valence-corrected chi connectivity index (χ0v) is 9.23. The zero-order chi connectivity index (χ0) is 13.3. The van der Waals surface area contributed by atoms with Crippen molar-refractivity contribution in [3.05, 3.63) is 23.8 Å². The van der Waals surface area contributed by atoms with Crippen molar-refractivity contribution in [3.8, 4) is 11.6 Å². The van der Waals surface area contributed by atoms with Crippen LogP contribution in [0, 0.1) is 6.92 Å². The Labute approximate surface area is 99.2 Å². The van der Waals surface area contributed by atoms with Crippen LogP contribution in [0.5, 0.6) is 0 Å². The molecule has 1 unspecified atom stereocenters. The molecular weight excluding hydrogens is 253 g/mol. The van der Waals surface area contributed by atoms with E-state index in [1.165, 1.54) is 6.26 Å². The van der Waals surface area contributed by atoms with Crippen molar-refractivity contribution in [2.45, 2.75) is 25.6 Å². The second kappa shape index (κ2) is 4.45. The first-order valence-corrected chi connectivity index (χ1v) is 4.99.